The van der Waals surface area contributed by atoms with Crippen LogP contribution in [0, 0.1) is 21.4 Å². The van der Waals surface area contributed by atoms with Crippen LogP contribution in [0.25, 0.3) is 10.9 Å². The number of nitrogens with one attached hydrogen (secondary N) is 2. The number of hydrogen-bond donors (Lipinski definition) is 2. The molecule has 0 saturated carbocycles. The van der Waals surface area contributed by atoms with E-state index in [0.29, 0.717) is 16.5 Å². The van der Waals surface area contributed by atoms with Crippen LogP contribution in [0.2, 0.25) is 0 Å². The quantitative estimate of drug-likeness (QED) is 0.563. The smallest absolute Gasteiger partial charge is 0.272 e. The third-order valence-corrected chi connectivity index (χ3v) is 3.48. The van der Waals surface area contributed by atoms with Crippen LogP contribution >= 0.6 is 0 Å². The van der Waals surface area contributed by atoms with Gasteiger partial charge in [-0.15, -0.1) is 0 Å². The molecule has 0 aliphatic carbocycles. The highest BCUT2D eigenvalue weighted by molar-refractivity contribution is 6.05. The van der Waals surface area contributed by atoms with Crippen LogP contribution in [0.5, 0.6) is 0 Å². The summed E-state index contributed by atoms with van der Waals surface area (Å²) in [6, 6.07) is 13.1. The predicted molar refractivity (Wildman–Crippen MR) is 85.1 cm³/mol. The Kier molecular flexibility index (Phi) is 3.91. The molecular formula is C16H11N5O3. The maximum absolute atomic E-state index is 12.3. The van der Waals surface area contributed by atoms with Gasteiger partial charge in [0.15, 0.2) is 5.69 Å². The standard InChI is InChI=1S/C16H11N5O3/c17-8-10-2-1-3-11(6-10)9-18-16(22)15-13-7-12(21(23)24)4-5-14(13)19-20-15/h1-7H,9H2,(H,18,22)(H,19,20). The van der Waals surface area contributed by atoms with Gasteiger partial charge in [0.25, 0.3) is 11.6 Å². The van der Waals surface area contributed by atoms with Gasteiger partial charge in [-0.1, -0.05) is 12.1 Å². The summed E-state index contributed by atoms with van der Waals surface area (Å²) in [5, 5.41) is 29.4. The Morgan fingerprint density at radius 1 is 1.33 bits per heavy atom. The summed E-state index contributed by atoms with van der Waals surface area (Å²) >= 11 is 0. The second-order valence-electron chi connectivity index (χ2n) is 5.05. The summed E-state index contributed by atoms with van der Waals surface area (Å²) in [7, 11) is 0. The van der Waals surface area contributed by atoms with Gasteiger partial charge in [0.05, 0.1) is 22.1 Å². The zero-order valence-electron chi connectivity index (χ0n) is 12.3. The molecule has 3 aromatic rings. The molecule has 2 N–H and O–H groups in total. The molecule has 0 fully saturated rings. The topological polar surface area (TPSA) is 125 Å². The fourth-order valence-corrected chi connectivity index (χ4v) is 2.31. The third kappa shape index (κ3) is 2.91. The van der Waals surface area contributed by atoms with Crippen LogP contribution in [-0.4, -0.2) is 21.0 Å². The molecule has 0 saturated heterocycles. The van der Waals surface area contributed by atoms with Gasteiger partial charge in [0.2, 0.25) is 0 Å². The SMILES string of the molecule is N#Cc1cccc(CNC(=O)c2n[nH]c3ccc([N+](=O)[O-])cc23)c1. The minimum atomic E-state index is -0.526. The number of nitriles is 1. The molecule has 0 spiro atoms. The fourth-order valence-electron chi connectivity index (χ4n) is 2.31. The van der Waals surface area contributed by atoms with Gasteiger partial charge in [0.1, 0.15) is 0 Å². The van der Waals surface area contributed by atoms with Crippen molar-refractivity contribution < 1.29 is 9.72 Å². The first-order chi connectivity index (χ1) is 11.6. The molecule has 0 radical (unpaired) electrons. The van der Waals surface area contributed by atoms with Crippen molar-refractivity contribution in [2.45, 2.75) is 6.54 Å². The Hall–Kier alpha value is -3.73. The lowest BCUT2D eigenvalue weighted by molar-refractivity contribution is -0.384. The van der Waals surface area contributed by atoms with Gasteiger partial charge in [-0.3, -0.25) is 20.0 Å². The van der Waals surface area contributed by atoms with Gasteiger partial charge in [-0.2, -0.15) is 10.4 Å². The Morgan fingerprint density at radius 2 is 2.17 bits per heavy atom. The minimum absolute atomic E-state index is 0.0881. The number of nitro benzene ring substituents is 1. The number of benzene rings is 2. The lowest BCUT2D eigenvalue weighted by Crippen LogP contribution is -2.23. The van der Waals surface area contributed by atoms with E-state index >= 15 is 0 Å². The fraction of sp³-hybridized carbons (Fsp3) is 0.0625. The first-order valence-electron chi connectivity index (χ1n) is 6.98. The van der Waals surface area contributed by atoms with E-state index in [1.165, 1.54) is 18.2 Å². The van der Waals surface area contributed by atoms with Crippen molar-refractivity contribution in [3.8, 4) is 6.07 Å². The zero-order valence-corrected chi connectivity index (χ0v) is 12.3. The van der Waals surface area contributed by atoms with E-state index in [-0.39, 0.29) is 17.9 Å². The molecule has 0 bridgehead atoms. The van der Waals surface area contributed by atoms with Crippen LogP contribution < -0.4 is 5.32 Å². The Balaban J connectivity index is 1.82. The van der Waals surface area contributed by atoms with Crippen molar-refractivity contribution in [1.29, 1.82) is 5.26 Å². The van der Waals surface area contributed by atoms with E-state index < -0.39 is 10.8 Å². The summed E-state index contributed by atoms with van der Waals surface area (Å²) < 4.78 is 0. The van der Waals surface area contributed by atoms with Crippen molar-refractivity contribution in [3.63, 3.8) is 0 Å². The van der Waals surface area contributed by atoms with Gasteiger partial charge in [0, 0.05) is 24.1 Å². The number of aromatic amines is 1. The molecule has 1 heterocycles. The molecule has 8 heteroatoms. The van der Waals surface area contributed by atoms with Crippen molar-refractivity contribution in [1.82, 2.24) is 15.5 Å². The Labute approximate surface area is 135 Å². The second kappa shape index (κ2) is 6.18. The number of hydrogen-bond acceptors (Lipinski definition) is 5. The first-order valence-corrected chi connectivity index (χ1v) is 6.98. The van der Waals surface area contributed by atoms with Gasteiger partial charge in [-0.05, 0) is 23.8 Å². The van der Waals surface area contributed by atoms with E-state index in [4.69, 9.17) is 5.26 Å². The highest BCUT2D eigenvalue weighted by atomic mass is 16.6. The number of aromatic nitrogens is 2. The summed E-state index contributed by atoms with van der Waals surface area (Å²) in [6.45, 7) is 0.220. The summed E-state index contributed by atoms with van der Waals surface area (Å²) in [5.41, 5.74) is 1.79. The maximum Gasteiger partial charge on any atom is 0.272 e. The molecule has 0 aliphatic heterocycles. The number of amides is 1. The molecule has 3 rings (SSSR count). The number of non-ortho nitro benzene ring substituents is 1. The van der Waals surface area contributed by atoms with Crippen LogP contribution in [0.1, 0.15) is 21.6 Å². The molecule has 0 aliphatic rings. The molecule has 8 nitrogen and oxygen atoms in total. The maximum atomic E-state index is 12.3. The summed E-state index contributed by atoms with van der Waals surface area (Å²) in [5.74, 6) is -0.455. The van der Waals surface area contributed by atoms with Crippen LogP contribution in [-0.2, 0) is 6.54 Å². The first kappa shape index (κ1) is 15.2. The average molecular weight is 321 g/mol. The number of fused-ring (bicyclic) bond motifs is 1. The molecule has 0 unspecified atom stereocenters. The number of rotatable bonds is 4. The second-order valence-corrected chi connectivity index (χ2v) is 5.05. The Bertz CT molecular complexity index is 987. The van der Waals surface area contributed by atoms with Crippen molar-refractivity contribution in [2.75, 3.05) is 0 Å². The van der Waals surface area contributed by atoms with E-state index in [0.717, 1.165) is 5.56 Å². The van der Waals surface area contributed by atoms with Crippen LogP contribution in [0.15, 0.2) is 42.5 Å². The monoisotopic (exact) mass is 321 g/mol. The number of H-pyrrole nitrogens is 1. The highest BCUT2D eigenvalue weighted by Gasteiger charge is 2.17. The molecule has 24 heavy (non-hydrogen) atoms. The molecule has 118 valence electrons. The number of nitrogens with zero attached hydrogens (tertiary/aromatic N) is 3. The lowest BCUT2D eigenvalue weighted by Gasteiger charge is -2.04. The zero-order chi connectivity index (χ0) is 17.1. The van der Waals surface area contributed by atoms with Crippen LogP contribution in [0.4, 0.5) is 5.69 Å². The van der Waals surface area contributed by atoms with E-state index in [1.54, 1.807) is 24.3 Å². The van der Waals surface area contributed by atoms with E-state index in [2.05, 4.69) is 15.5 Å². The molecule has 1 aromatic heterocycles. The van der Waals surface area contributed by atoms with Gasteiger partial charge in [-0.25, -0.2) is 0 Å². The molecule has 2 aromatic carbocycles. The molecule has 1 amide bonds. The van der Waals surface area contributed by atoms with Crippen LogP contribution in [0.3, 0.4) is 0 Å². The summed E-state index contributed by atoms with van der Waals surface area (Å²) in [4.78, 5) is 22.6. The number of nitro groups is 1. The Morgan fingerprint density at radius 3 is 2.92 bits per heavy atom. The predicted octanol–water partition coefficient (Wildman–Crippen LogP) is 2.27. The molecular weight excluding hydrogens is 310 g/mol. The number of carbonyl (C=O) groups is 1. The van der Waals surface area contributed by atoms with E-state index in [9.17, 15) is 14.9 Å². The largest absolute Gasteiger partial charge is 0.347 e. The minimum Gasteiger partial charge on any atom is -0.347 e. The lowest BCUT2D eigenvalue weighted by atomic mass is 10.1. The number of carbonyl (C=O) groups excluding carboxylic acids is 1. The van der Waals surface area contributed by atoms with Crippen molar-refractivity contribution >= 4 is 22.5 Å². The normalized spacial score (nSPS) is 10.3. The third-order valence-electron chi connectivity index (χ3n) is 3.48. The van der Waals surface area contributed by atoms with Gasteiger partial charge < -0.3 is 5.32 Å². The highest BCUT2D eigenvalue weighted by Crippen LogP contribution is 2.22. The van der Waals surface area contributed by atoms with E-state index in [1.807, 2.05) is 6.07 Å². The summed E-state index contributed by atoms with van der Waals surface area (Å²) in [6.07, 6.45) is 0. The van der Waals surface area contributed by atoms with Gasteiger partial charge >= 0.3 is 0 Å². The average Bonchev–Trinajstić information content (AvgIpc) is 3.03. The van der Waals surface area contributed by atoms with Crippen molar-refractivity contribution in [3.05, 3.63) is 69.4 Å². The molecule has 0 atom stereocenters. The van der Waals surface area contributed by atoms with Crippen molar-refractivity contribution in [2.24, 2.45) is 0 Å².